The number of nitrogens with one attached hydrogen (secondary N) is 1. The molecule has 4 rings (SSSR count). The first-order valence-corrected chi connectivity index (χ1v) is 11.4. The largest absolute Gasteiger partial charge is 0.383 e. The summed E-state index contributed by atoms with van der Waals surface area (Å²) in [6.45, 7) is 3.12. The number of carbonyl (C=O) groups is 1. The first-order valence-electron chi connectivity index (χ1n) is 10.4. The van der Waals surface area contributed by atoms with Gasteiger partial charge < -0.3 is 10.1 Å². The number of aromatic nitrogens is 4. The van der Waals surface area contributed by atoms with Gasteiger partial charge in [0.25, 0.3) is 0 Å². The van der Waals surface area contributed by atoms with E-state index in [-0.39, 0.29) is 17.7 Å². The van der Waals surface area contributed by atoms with Crippen LogP contribution in [-0.4, -0.2) is 45.1 Å². The molecule has 1 N–H and O–H groups in total. The molecule has 0 unspecified atom stereocenters. The van der Waals surface area contributed by atoms with Crippen molar-refractivity contribution in [1.29, 1.82) is 0 Å². The summed E-state index contributed by atoms with van der Waals surface area (Å²) in [6, 6.07) is 18.0. The lowest BCUT2D eigenvalue weighted by Gasteiger charge is -2.16. The second-order valence-electron chi connectivity index (χ2n) is 7.33. The van der Waals surface area contributed by atoms with Crippen molar-refractivity contribution in [2.75, 3.05) is 19.5 Å². The van der Waals surface area contributed by atoms with Crippen LogP contribution in [0.5, 0.6) is 0 Å². The number of hydrogen-bond donors (Lipinski definition) is 1. The average Bonchev–Trinajstić information content (AvgIpc) is 3.24. The van der Waals surface area contributed by atoms with Crippen LogP contribution >= 0.6 is 11.8 Å². The van der Waals surface area contributed by atoms with Gasteiger partial charge in [0, 0.05) is 25.1 Å². The summed E-state index contributed by atoms with van der Waals surface area (Å²) in [5.74, 6) is 0.926. The standard InChI is InChI=1S/C24H25N5O2S/c1-17(20-9-5-7-18-6-3-4-8-21(18)20)26-22(30)16-32-24-28-27-23(29(24)14-15-31-2)19-10-12-25-13-11-19/h3-13,17H,14-16H2,1-2H3,(H,26,30)/t17-/m1/s1. The minimum atomic E-state index is -0.104. The maximum atomic E-state index is 12.7. The summed E-state index contributed by atoms with van der Waals surface area (Å²) in [5, 5.41) is 14.8. The topological polar surface area (TPSA) is 81.9 Å². The third-order valence-electron chi connectivity index (χ3n) is 5.17. The smallest absolute Gasteiger partial charge is 0.230 e. The van der Waals surface area contributed by atoms with Gasteiger partial charge in [0.1, 0.15) is 0 Å². The Morgan fingerprint density at radius 3 is 2.69 bits per heavy atom. The van der Waals surface area contributed by atoms with Gasteiger partial charge in [0.2, 0.25) is 5.91 Å². The van der Waals surface area contributed by atoms with Crippen LogP contribution in [0.3, 0.4) is 0 Å². The van der Waals surface area contributed by atoms with Gasteiger partial charge in [-0.25, -0.2) is 0 Å². The molecule has 1 amide bonds. The van der Waals surface area contributed by atoms with Crippen molar-refractivity contribution in [3.8, 4) is 11.4 Å². The van der Waals surface area contributed by atoms with Gasteiger partial charge in [-0.15, -0.1) is 10.2 Å². The van der Waals surface area contributed by atoms with E-state index in [0.717, 1.165) is 27.7 Å². The number of carbonyl (C=O) groups excluding carboxylic acids is 1. The molecule has 2 heterocycles. The Kier molecular flexibility index (Phi) is 7.14. The highest BCUT2D eigenvalue weighted by Gasteiger charge is 2.17. The van der Waals surface area contributed by atoms with Crippen molar-refractivity contribution in [3.63, 3.8) is 0 Å². The maximum absolute atomic E-state index is 12.7. The Morgan fingerprint density at radius 2 is 1.88 bits per heavy atom. The summed E-state index contributed by atoms with van der Waals surface area (Å²) in [7, 11) is 1.66. The first kappa shape index (κ1) is 22.0. The number of fused-ring (bicyclic) bond motifs is 1. The molecule has 32 heavy (non-hydrogen) atoms. The molecule has 0 aliphatic heterocycles. The van der Waals surface area contributed by atoms with Crippen LogP contribution < -0.4 is 5.32 Å². The number of nitrogens with zero attached hydrogens (tertiary/aromatic N) is 4. The van der Waals surface area contributed by atoms with Crippen LogP contribution in [0, 0.1) is 0 Å². The lowest BCUT2D eigenvalue weighted by Crippen LogP contribution is -2.28. The number of hydrogen-bond acceptors (Lipinski definition) is 6. The number of pyridine rings is 1. The second kappa shape index (κ2) is 10.4. The minimum Gasteiger partial charge on any atom is -0.383 e. The van der Waals surface area contributed by atoms with Crippen LogP contribution in [0.15, 0.2) is 72.1 Å². The summed E-state index contributed by atoms with van der Waals surface area (Å²) < 4.78 is 7.22. The van der Waals surface area contributed by atoms with Gasteiger partial charge in [-0.3, -0.25) is 14.3 Å². The van der Waals surface area contributed by atoms with Gasteiger partial charge in [-0.1, -0.05) is 54.2 Å². The normalized spacial score (nSPS) is 12.1. The third-order valence-corrected chi connectivity index (χ3v) is 6.14. The van der Waals surface area contributed by atoms with Crippen molar-refractivity contribution in [1.82, 2.24) is 25.1 Å². The van der Waals surface area contributed by atoms with Crippen LogP contribution in [0.25, 0.3) is 22.2 Å². The van der Waals surface area contributed by atoms with Gasteiger partial charge in [0.15, 0.2) is 11.0 Å². The summed E-state index contributed by atoms with van der Waals surface area (Å²) in [4.78, 5) is 16.8. The number of ether oxygens (including phenoxy) is 1. The highest BCUT2D eigenvalue weighted by molar-refractivity contribution is 7.99. The van der Waals surface area contributed by atoms with Gasteiger partial charge in [-0.2, -0.15) is 0 Å². The van der Waals surface area contributed by atoms with E-state index in [2.05, 4.69) is 44.8 Å². The van der Waals surface area contributed by atoms with E-state index in [1.165, 1.54) is 11.8 Å². The Hall–Kier alpha value is -3.23. The van der Waals surface area contributed by atoms with Crippen molar-refractivity contribution in [2.45, 2.75) is 24.7 Å². The lowest BCUT2D eigenvalue weighted by molar-refractivity contribution is -0.119. The van der Waals surface area contributed by atoms with Crippen LogP contribution in [0.1, 0.15) is 18.5 Å². The molecule has 164 valence electrons. The van der Waals surface area contributed by atoms with E-state index in [9.17, 15) is 4.79 Å². The molecule has 2 aromatic carbocycles. The molecule has 0 saturated carbocycles. The molecule has 7 nitrogen and oxygen atoms in total. The molecule has 0 spiro atoms. The Bertz CT molecular complexity index is 1190. The van der Waals surface area contributed by atoms with Crippen LogP contribution in [0.2, 0.25) is 0 Å². The third kappa shape index (κ3) is 4.98. The fourth-order valence-corrected chi connectivity index (χ4v) is 4.39. The maximum Gasteiger partial charge on any atom is 0.230 e. The summed E-state index contributed by atoms with van der Waals surface area (Å²) in [6.07, 6.45) is 3.44. The van der Waals surface area contributed by atoms with E-state index in [4.69, 9.17) is 4.74 Å². The molecule has 1 atom stereocenters. The minimum absolute atomic E-state index is 0.0535. The molecule has 4 aromatic rings. The number of methoxy groups -OCH3 is 1. The number of benzene rings is 2. The number of rotatable bonds is 9. The first-order chi connectivity index (χ1) is 15.7. The van der Waals surface area contributed by atoms with E-state index < -0.39 is 0 Å². The highest BCUT2D eigenvalue weighted by Crippen LogP contribution is 2.26. The number of amides is 1. The Morgan fingerprint density at radius 1 is 1.09 bits per heavy atom. The second-order valence-corrected chi connectivity index (χ2v) is 8.28. The molecule has 0 bridgehead atoms. The molecule has 0 aliphatic carbocycles. The Balaban J connectivity index is 1.45. The summed E-state index contributed by atoms with van der Waals surface area (Å²) >= 11 is 1.37. The predicted molar refractivity (Wildman–Crippen MR) is 126 cm³/mol. The van der Waals surface area contributed by atoms with Crippen LogP contribution in [-0.2, 0) is 16.1 Å². The molecule has 0 aliphatic rings. The predicted octanol–water partition coefficient (Wildman–Crippen LogP) is 4.11. The fraction of sp³-hybridized carbons (Fsp3) is 0.250. The molecular weight excluding hydrogens is 422 g/mol. The molecule has 8 heteroatoms. The van der Waals surface area contributed by atoms with Crippen molar-refractivity contribution < 1.29 is 9.53 Å². The van der Waals surface area contributed by atoms with Gasteiger partial charge in [0.05, 0.1) is 24.9 Å². The van der Waals surface area contributed by atoms with E-state index in [1.807, 2.05) is 41.8 Å². The zero-order valence-corrected chi connectivity index (χ0v) is 18.9. The van der Waals surface area contributed by atoms with Crippen LogP contribution in [0.4, 0.5) is 0 Å². The van der Waals surface area contributed by atoms with E-state index in [0.29, 0.717) is 18.3 Å². The fourth-order valence-electron chi connectivity index (χ4n) is 3.61. The number of thioether (sulfide) groups is 1. The van der Waals surface area contributed by atoms with E-state index >= 15 is 0 Å². The SMILES string of the molecule is COCCn1c(SCC(=O)N[C@H](C)c2cccc3ccccc23)nnc1-c1ccncc1. The summed E-state index contributed by atoms with van der Waals surface area (Å²) in [5.41, 5.74) is 2.02. The zero-order chi connectivity index (χ0) is 22.3. The lowest BCUT2D eigenvalue weighted by atomic mass is 10.00. The van der Waals surface area contributed by atoms with E-state index in [1.54, 1.807) is 19.5 Å². The molecule has 0 radical (unpaired) electrons. The Labute approximate surface area is 191 Å². The quantitative estimate of drug-likeness (QED) is 0.389. The van der Waals surface area contributed by atoms with Gasteiger partial charge >= 0.3 is 0 Å². The molecule has 2 aromatic heterocycles. The molecular formula is C24H25N5O2S. The zero-order valence-electron chi connectivity index (χ0n) is 18.1. The van der Waals surface area contributed by atoms with Crippen molar-refractivity contribution in [2.24, 2.45) is 0 Å². The molecule has 0 fully saturated rings. The van der Waals surface area contributed by atoms with Gasteiger partial charge in [-0.05, 0) is 35.4 Å². The average molecular weight is 448 g/mol. The monoisotopic (exact) mass is 447 g/mol. The molecule has 0 saturated heterocycles. The highest BCUT2D eigenvalue weighted by atomic mass is 32.2. The van der Waals surface area contributed by atoms with Crippen molar-refractivity contribution in [3.05, 3.63) is 72.6 Å². The van der Waals surface area contributed by atoms with Crippen molar-refractivity contribution >= 4 is 28.4 Å².